The van der Waals surface area contributed by atoms with Crippen LogP contribution in [0.5, 0.6) is 11.5 Å². The fourth-order valence-electron chi connectivity index (χ4n) is 2.86. The number of anilines is 1. The van der Waals surface area contributed by atoms with Crippen LogP contribution in [0.4, 0.5) is 11.4 Å². The van der Waals surface area contributed by atoms with Crippen LogP contribution in [0.15, 0.2) is 66.7 Å². The van der Waals surface area contributed by atoms with Crippen molar-refractivity contribution in [3.8, 4) is 11.5 Å². The van der Waals surface area contributed by atoms with E-state index in [0.717, 1.165) is 11.1 Å². The Kier molecular flexibility index (Phi) is 6.64. The number of aryl methyl sites for hydroxylation is 1. The molecule has 0 aliphatic heterocycles. The quantitative estimate of drug-likeness (QED) is 0.413. The third-order valence-electron chi connectivity index (χ3n) is 4.44. The molecule has 0 spiro atoms. The van der Waals surface area contributed by atoms with E-state index in [0.29, 0.717) is 29.4 Å². The van der Waals surface area contributed by atoms with Crippen LogP contribution in [0, 0.1) is 17.0 Å². The van der Waals surface area contributed by atoms with Gasteiger partial charge in [-0.05, 0) is 49.7 Å². The largest absolute Gasteiger partial charge is 0.493 e. The Hall–Kier alpha value is -3.87. The molecule has 7 nitrogen and oxygen atoms in total. The zero-order chi connectivity index (χ0) is 21.5. The third kappa shape index (κ3) is 5.14. The zero-order valence-corrected chi connectivity index (χ0v) is 16.8. The summed E-state index contributed by atoms with van der Waals surface area (Å²) in [6.07, 6.45) is 0. The van der Waals surface area contributed by atoms with Gasteiger partial charge in [-0.1, -0.05) is 24.3 Å². The Bertz CT molecular complexity index is 1050. The molecule has 0 aliphatic carbocycles. The maximum absolute atomic E-state index is 12.8. The van der Waals surface area contributed by atoms with Gasteiger partial charge in [0.05, 0.1) is 17.2 Å². The number of nitro benzene ring substituents is 1. The van der Waals surface area contributed by atoms with Crippen molar-refractivity contribution in [1.29, 1.82) is 0 Å². The van der Waals surface area contributed by atoms with E-state index in [-0.39, 0.29) is 18.2 Å². The first kappa shape index (κ1) is 20.9. The molecule has 7 heteroatoms. The number of amides is 1. The summed E-state index contributed by atoms with van der Waals surface area (Å²) in [5, 5.41) is 13.8. The summed E-state index contributed by atoms with van der Waals surface area (Å²) < 4.78 is 11.5. The monoisotopic (exact) mass is 406 g/mol. The van der Waals surface area contributed by atoms with Gasteiger partial charge in [0.25, 0.3) is 11.6 Å². The maximum Gasteiger partial charge on any atom is 0.271 e. The molecule has 0 saturated carbocycles. The van der Waals surface area contributed by atoms with E-state index in [1.165, 1.54) is 12.1 Å². The van der Waals surface area contributed by atoms with E-state index in [9.17, 15) is 14.9 Å². The van der Waals surface area contributed by atoms with Gasteiger partial charge in [0.2, 0.25) is 0 Å². The normalized spacial score (nSPS) is 10.3. The van der Waals surface area contributed by atoms with Crippen LogP contribution >= 0.6 is 0 Å². The topological polar surface area (TPSA) is 90.7 Å². The first-order valence-electron chi connectivity index (χ1n) is 9.48. The van der Waals surface area contributed by atoms with E-state index in [2.05, 4.69) is 5.32 Å². The van der Waals surface area contributed by atoms with E-state index < -0.39 is 4.92 Å². The highest BCUT2D eigenvalue weighted by molar-refractivity contribution is 6.05. The summed E-state index contributed by atoms with van der Waals surface area (Å²) in [5.41, 5.74) is 2.16. The lowest BCUT2D eigenvalue weighted by Crippen LogP contribution is -2.14. The third-order valence-corrected chi connectivity index (χ3v) is 4.44. The maximum atomic E-state index is 12.8. The Morgan fingerprint density at radius 3 is 2.50 bits per heavy atom. The van der Waals surface area contributed by atoms with Gasteiger partial charge in [0.15, 0.2) is 0 Å². The second-order valence-corrected chi connectivity index (χ2v) is 6.57. The number of carbonyl (C=O) groups is 1. The van der Waals surface area contributed by atoms with Crippen molar-refractivity contribution < 1.29 is 19.2 Å². The molecule has 3 rings (SSSR count). The van der Waals surface area contributed by atoms with E-state index in [4.69, 9.17) is 9.47 Å². The Labute approximate surface area is 174 Å². The number of carbonyl (C=O) groups excluding carboxylic acids is 1. The molecule has 0 aromatic heterocycles. The minimum atomic E-state index is -0.495. The number of nitro groups is 1. The van der Waals surface area contributed by atoms with Crippen molar-refractivity contribution in [2.75, 3.05) is 11.9 Å². The van der Waals surface area contributed by atoms with Gasteiger partial charge in [0.1, 0.15) is 18.1 Å². The zero-order valence-electron chi connectivity index (χ0n) is 16.8. The van der Waals surface area contributed by atoms with Gasteiger partial charge in [-0.3, -0.25) is 14.9 Å². The average Bonchev–Trinajstić information content (AvgIpc) is 2.75. The van der Waals surface area contributed by atoms with Gasteiger partial charge in [-0.15, -0.1) is 0 Å². The highest BCUT2D eigenvalue weighted by Crippen LogP contribution is 2.25. The number of hydrogen-bond acceptors (Lipinski definition) is 5. The van der Waals surface area contributed by atoms with Gasteiger partial charge >= 0.3 is 0 Å². The first-order chi connectivity index (χ1) is 14.5. The number of nitrogens with one attached hydrogen (secondary N) is 1. The van der Waals surface area contributed by atoms with Crippen LogP contribution in [0.1, 0.15) is 28.4 Å². The average molecular weight is 406 g/mol. The number of para-hydroxylation sites is 1. The molecule has 0 atom stereocenters. The van der Waals surface area contributed by atoms with Crippen molar-refractivity contribution in [3.63, 3.8) is 0 Å². The number of ether oxygens (including phenoxy) is 2. The summed E-state index contributed by atoms with van der Waals surface area (Å²) in [4.78, 5) is 23.3. The number of non-ortho nitro benzene ring substituents is 1. The predicted octanol–water partition coefficient (Wildman–Crippen LogP) is 5.13. The van der Waals surface area contributed by atoms with E-state index in [1.54, 1.807) is 31.2 Å². The molecular weight excluding hydrogens is 384 g/mol. The van der Waals surface area contributed by atoms with Crippen LogP contribution in [0.3, 0.4) is 0 Å². The number of hydrogen-bond donors (Lipinski definition) is 1. The lowest BCUT2D eigenvalue weighted by Gasteiger charge is -2.14. The lowest BCUT2D eigenvalue weighted by atomic mass is 10.1. The number of nitrogens with zero attached hydrogens (tertiary/aromatic N) is 1. The van der Waals surface area contributed by atoms with Crippen molar-refractivity contribution >= 4 is 17.3 Å². The molecule has 0 unspecified atom stereocenters. The van der Waals surface area contributed by atoms with Crippen LogP contribution in [0.2, 0.25) is 0 Å². The first-order valence-corrected chi connectivity index (χ1v) is 9.48. The van der Waals surface area contributed by atoms with Gasteiger partial charge in [-0.2, -0.15) is 0 Å². The SMILES string of the molecule is CCOc1ccc(C(=O)Nc2cc([N+](=O)[O-])ccc2C)cc1COc1ccccc1. The molecule has 1 N–H and O–H groups in total. The highest BCUT2D eigenvalue weighted by atomic mass is 16.6. The standard InChI is InChI=1S/C23H22N2O5/c1-3-29-22-12-10-17(13-18(22)15-30-20-7-5-4-6-8-20)23(26)24-21-14-19(25(27)28)11-9-16(21)2/h4-14H,3,15H2,1-2H3,(H,24,26). The van der Waals surface area contributed by atoms with E-state index in [1.807, 2.05) is 37.3 Å². The Morgan fingerprint density at radius 2 is 1.80 bits per heavy atom. The van der Waals surface area contributed by atoms with Crippen molar-refractivity contribution in [2.24, 2.45) is 0 Å². The summed E-state index contributed by atoms with van der Waals surface area (Å²) in [6.45, 7) is 4.37. The molecule has 30 heavy (non-hydrogen) atoms. The molecule has 154 valence electrons. The molecule has 0 fully saturated rings. The number of benzene rings is 3. The fourth-order valence-corrected chi connectivity index (χ4v) is 2.86. The second-order valence-electron chi connectivity index (χ2n) is 6.57. The molecule has 3 aromatic carbocycles. The molecule has 0 bridgehead atoms. The molecule has 0 heterocycles. The molecular formula is C23H22N2O5. The number of rotatable bonds is 8. The molecule has 1 amide bonds. The van der Waals surface area contributed by atoms with Crippen molar-refractivity contribution in [2.45, 2.75) is 20.5 Å². The van der Waals surface area contributed by atoms with Crippen LogP contribution in [-0.2, 0) is 6.61 Å². The molecule has 3 aromatic rings. The van der Waals surface area contributed by atoms with Gasteiger partial charge in [0, 0.05) is 23.3 Å². The fraction of sp³-hybridized carbons (Fsp3) is 0.174. The van der Waals surface area contributed by atoms with Crippen molar-refractivity contribution in [3.05, 3.63) is 93.5 Å². The van der Waals surface area contributed by atoms with Gasteiger partial charge in [-0.25, -0.2) is 0 Å². The summed E-state index contributed by atoms with van der Waals surface area (Å²) in [7, 11) is 0. The van der Waals surface area contributed by atoms with Gasteiger partial charge < -0.3 is 14.8 Å². The minimum absolute atomic E-state index is 0.0838. The predicted molar refractivity (Wildman–Crippen MR) is 114 cm³/mol. The minimum Gasteiger partial charge on any atom is -0.493 e. The smallest absolute Gasteiger partial charge is 0.271 e. The summed E-state index contributed by atoms with van der Waals surface area (Å²) in [5.74, 6) is 0.973. The van der Waals surface area contributed by atoms with Crippen LogP contribution < -0.4 is 14.8 Å². The van der Waals surface area contributed by atoms with Crippen molar-refractivity contribution in [1.82, 2.24) is 0 Å². The Balaban J connectivity index is 1.82. The summed E-state index contributed by atoms with van der Waals surface area (Å²) >= 11 is 0. The lowest BCUT2D eigenvalue weighted by molar-refractivity contribution is -0.384. The molecule has 0 radical (unpaired) electrons. The summed E-state index contributed by atoms with van der Waals surface area (Å²) in [6, 6.07) is 18.8. The molecule has 0 saturated heterocycles. The highest BCUT2D eigenvalue weighted by Gasteiger charge is 2.15. The van der Waals surface area contributed by atoms with Crippen LogP contribution in [-0.4, -0.2) is 17.4 Å². The Morgan fingerprint density at radius 1 is 1.03 bits per heavy atom. The second kappa shape index (κ2) is 9.56. The van der Waals surface area contributed by atoms with Crippen LogP contribution in [0.25, 0.3) is 0 Å². The molecule has 0 aliphatic rings. The van der Waals surface area contributed by atoms with E-state index >= 15 is 0 Å².